The van der Waals surface area contributed by atoms with Gasteiger partial charge in [0.25, 0.3) is 0 Å². The summed E-state index contributed by atoms with van der Waals surface area (Å²) in [5.74, 6) is 2.38. The molecule has 0 saturated heterocycles. The van der Waals surface area contributed by atoms with Gasteiger partial charge in [-0.1, -0.05) is 62.1 Å². The van der Waals surface area contributed by atoms with Crippen molar-refractivity contribution in [3.63, 3.8) is 0 Å². The zero-order valence-corrected chi connectivity index (χ0v) is 12.5. The van der Waals surface area contributed by atoms with Crippen molar-refractivity contribution in [3.8, 4) is 0 Å². The van der Waals surface area contributed by atoms with Crippen molar-refractivity contribution in [1.29, 1.82) is 0 Å². The number of rotatable bonds is 3. The lowest BCUT2D eigenvalue weighted by Crippen LogP contribution is -2.24. The molecule has 1 heterocycles. The third-order valence-electron chi connectivity index (χ3n) is 4.46. The Labute approximate surface area is 124 Å². The fourth-order valence-electron chi connectivity index (χ4n) is 3.13. The van der Waals surface area contributed by atoms with Crippen molar-refractivity contribution < 1.29 is 0 Å². The molecule has 0 amide bonds. The molecule has 1 aliphatic carbocycles. The van der Waals surface area contributed by atoms with Crippen molar-refractivity contribution in [3.05, 3.63) is 29.4 Å². The summed E-state index contributed by atoms with van der Waals surface area (Å²) in [6.07, 6.45) is 5.39. The third-order valence-corrected chi connectivity index (χ3v) is 4.74. The van der Waals surface area contributed by atoms with Crippen LogP contribution < -0.4 is 5.32 Å². The summed E-state index contributed by atoms with van der Waals surface area (Å²) >= 11 is 6.10. The topological polar surface area (TPSA) is 37.8 Å². The molecule has 0 spiro atoms. The molecule has 2 atom stereocenters. The summed E-state index contributed by atoms with van der Waals surface area (Å²) in [4.78, 5) is 0. The zero-order chi connectivity index (χ0) is 13.9. The Morgan fingerprint density at radius 2 is 1.90 bits per heavy atom. The van der Waals surface area contributed by atoms with E-state index in [1.54, 1.807) is 0 Å². The maximum Gasteiger partial charge on any atom is 0.159 e. The van der Waals surface area contributed by atoms with Crippen molar-refractivity contribution in [2.45, 2.75) is 32.6 Å². The fourth-order valence-corrected chi connectivity index (χ4v) is 3.33. The van der Waals surface area contributed by atoms with Crippen molar-refractivity contribution in [2.75, 3.05) is 11.9 Å². The van der Waals surface area contributed by atoms with Crippen LogP contribution in [0.25, 0.3) is 10.8 Å². The van der Waals surface area contributed by atoms with E-state index < -0.39 is 0 Å². The van der Waals surface area contributed by atoms with Crippen LogP contribution in [0.5, 0.6) is 0 Å². The van der Waals surface area contributed by atoms with E-state index in [9.17, 15) is 0 Å². The molecule has 0 bridgehead atoms. The van der Waals surface area contributed by atoms with Gasteiger partial charge in [0.05, 0.1) is 0 Å². The third kappa shape index (κ3) is 2.73. The monoisotopic (exact) mass is 289 g/mol. The fraction of sp³-hybridized carbons (Fsp3) is 0.500. The van der Waals surface area contributed by atoms with Gasteiger partial charge in [-0.2, -0.15) is 0 Å². The molecular weight excluding hydrogens is 270 g/mol. The molecule has 106 valence electrons. The Morgan fingerprint density at radius 3 is 2.70 bits per heavy atom. The lowest BCUT2D eigenvalue weighted by molar-refractivity contribution is 0.268. The normalized spacial score (nSPS) is 22.9. The number of anilines is 1. The Kier molecular flexibility index (Phi) is 4.06. The molecule has 0 aliphatic heterocycles. The van der Waals surface area contributed by atoms with Crippen LogP contribution in [-0.2, 0) is 0 Å². The second-order valence-corrected chi connectivity index (χ2v) is 6.15. The molecule has 4 heteroatoms. The highest BCUT2D eigenvalue weighted by Crippen LogP contribution is 2.31. The molecule has 1 saturated carbocycles. The first-order valence-electron chi connectivity index (χ1n) is 7.40. The minimum Gasteiger partial charge on any atom is -0.368 e. The Bertz CT molecular complexity index is 599. The number of hydrogen-bond acceptors (Lipinski definition) is 3. The summed E-state index contributed by atoms with van der Waals surface area (Å²) in [6.45, 7) is 3.33. The maximum absolute atomic E-state index is 6.10. The lowest BCUT2D eigenvalue weighted by Gasteiger charge is -2.29. The smallest absolute Gasteiger partial charge is 0.159 e. The predicted octanol–water partition coefficient (Wildman–Crippen LogP) is 4.52. The number of aromatic nitrogens is 2. The highest BCUT2D eigenvalue weighted by atomic mass is 35.5. The molecule has 3 nitrogen and oxygen atoms in total. The molecule has 1 aromatic carbocycles. The summed E-state index contributed by atoms with van der Waals surface area (Å²) in [6, 6.07) is 8.01. The van der Waals surface area contributed by atoms with Crippen LogP contribution in [0.2, 0.25) is 5.15 Å². The quantitative estimate of drug-likeness (QED) is 0.902. The molecule has 1 aliphatic rings. The molecule has 1 aromatic heterocycles. The summed E-state index contributed by atoms with van der Waals surface area (Å²) < 4.78 is 0. The SMILES string of the molecule is CC1CCCCC1CNc1nnc(Cl)c2ccccc12. The van der Waals surface area contributed by atoms with E-state index in [2.05, 4.69) is 22.4 Å². The molecule has 1 fully saturated rings. The van der Waals surface area contributed by atoms with Crippen molar-refractivity contribution in [2.24, 2.45) is 11.8 Å². The average molecular weight is 290 g/mol. The number of hydrogen-bond donors (Lipinski definition) is 1. The standard InChI is InChI=1S/C16H20ClN3/c1-11-6-2-3-7-12(11)10-18-16-14-9-5-4-8-13(14)15(17)19-20-16/h4-5,8-9,11-12H,2-3,6-7,10H2,1H3,(H,18,20). The second kappa shape index (κ2) is 5.96. The molecular formula is C16H20ClN3. The van der Waals surface area contributed by atoms with Crippen molar-refractivity contribution in [1.82, 2.24) is 10.2 Å². The molecule has 3 rings (SSSR count). The van der Waals surface area contributed by atoms with Gasteiger partial charge >= 0.3 is 0 Å². The van der Waals surface area contributed by atoms with Crippen LogP contribution in [0, 0.1) is 11.8 Å². The van der Waals surface area contributed by atoms with E-state index in [0.29, 0.717) is 5.15 Å². The highest BCUT2D eigenvalue weighted by Gasteiger charge is 2.21. The Morgan fingerprint density at radius 1 is 1.15 bits per heavy atom. The van der Waals surface area contributed by atoms with Crippen LogP contribution in [0.3, 0.4) is 0 Å². The van der Waals surface area contributed by atoms with Gasteiger partial charge in [0.15, 0.2) is 11.0 Å². The average Bonchev–Trinajstić information content (AvgIpc) is 2.48. The van der Waals surface area contributed by atoms with Crippen LogP contribution in [-0.4, -0.2) is 16.7 Å². The van der Waals surface area contributed by atoms with Gasteiger partial charge in [0, 0.05) is 17.3 Å². The number of halogens is 1. The number of nitrogens with zero attached hydrogens (tertiary/aromatic N) is 2. The minimum atomic E-state index is 0.470. The maximum atomic E-state index is 6.10. The van der Waals surface area contributed by atoms with Gasteiger partial charge in [-0.15, -0.1) is 10.2 Å². The minimum absolute atomic E-state index is 0.470. The number of fused-ring (bicyclic) bond motifs is 1. The lowest BCUT2D eigenvalue weighted by atomic mass is 9.80. The van der Waals surface area contributed by atoms with Gasteiger partial charge in [-0.05, 0) is 18.3 Å². The molecule has 2 aromatic rings. The summed E-state index contributed by atoms with van der Waals surface area (Å²) in [5, 5.41) is 14.2. The van der Waals surface area contributed by atoms with Gasteiger partial charge in [0.1, 0.15) is 0 Å². The molecule has 2 unspecified atom stereocenters. The van der Waals surface area contributed by atoms with E-state index in [0.717, 1.165) is 35.0 Å². The van der Waals surface area contributed by atoms with E-state index in [-0.39, 0.29) is 0 Å². The number of benzene rings is 1. The van der Waals surface area contributed by atoms with Crippen LogP contribution in [0.15, 0.2) is 24.3 Å². The highest BCUT2D eigenvalue weighted by molar-refractivity contribution is 6.34. The van der Waals surface area contributed by atoms with E-state index in [1.807, 2.05) is 24.3 Å². The van der Waals surface area contributed by atoms with Crippen LogP contribution in [0.4, 0.5) is 5.82 Å². The largest absolute Gasteiger partial charge is 0.368 e. The van der Waals surface area contributed by atoms with Gasteiger partial charge in [-0.3, -0.25) is 0 Å². The first-order chi connectivity index (χ1) is 9.75. The van der Waals surface area contributed by atoms with Crippen LogP contribution >= 0.6 is 11.6 Å². The predicted molar refractivity (Wildman–Crippen MR) is 84.2 cm³/mol. The Hall–Kier alpha value is -1.35. The summed E-state index contributed by atoms with van der Waals surface area (Å²) in [5.41, 5.74) is 0. The Balaban J connectivity index is 1.79. The van der Waals surface area contributed by atoms with Gasteiger partial charge in [-0.25, -0.2) is 0 Å². The molecule has 1 N–H and O–H groups in total. The zero-order valence-electron chi connectivity index (χ0n) is 11.8. The number of nitrogens with one attached hydrogen (secondary N) is 1. The van der Waals surface area contributed by atoms with E-state index in [4.69, 9.17) is 11.6 Å². The van der Waals surface area contributed by atoms with E-state index in [1.165, 1.54) is 25.7 Å². The van der Waals surface area contributed by atoms with Gasteiger partial charge in [0.2, 0.25) is 0 Å². The summed E-state index contributed by atoms with van der Waals surface area (Å²) in [7, 11) is 0. The first-order valence-corrected chi connectivity index (χ1v) is 7.78. The molecule has 0 radical (unpaired) electrons. The van der Waals surface area contributed by atoms with Gasteiger partial charge < -0.3 is 5.32 Å². The van der Waals surface area contributed by atoms with Crippen molar-refractivity contribution >= 4 is 28.2 Å². The van der Waals surface area contributed by atoms with Crippen LogP contribution in [0.1, 0.15) is 32.6 Å². The first kappa shape index (κ1) is 13.6. The molecule has 20 heavy (non-hydrogen) atoms. The van der Waals surface area contributed by atoms with E-state index >= 15 is 0 Å². The second-order valence-electron chi connectivity index (χ2n) is 5.79.